The number of carbonyl (C=O) groups excluding carboxylic acids is 1. The average molecular weight is 326 g/mol. The average Bonchev–Trinajstić information content (AvgIpc) is 3.07. The normalized spacial score (nSPS) is 22.2. The van der Waals surface area contributed by atoms with Gasteiger partial charge in [0.05, 0.1) is 0 Å². The van der Waals surface area contributed by atoms with Crippen LogP contribution in [0.3, 0.4) is 0 Å². The van der Waals surface area contributed by atoms with Gasteiger partial charge in [-0.25, -0.2) is 0 Å². The second kappa shape index (κ2) is 5.26. The fourth-order valence-electron chi connectivity index (χ4n) is 3.50. The summed E-state index contributed by atoms with van der Waals surface area (Å²) in [5.74, 6) is 3.19. The van der Waals surface area contributed by atoms with E-state index < -0.39 is 0 Å². The molecule has 6 nitrogen and oxygen atoms in total. The van der Waals surface area contributed by atoms with Gasteiger partial charge in [-0.3, -0.25) is 4.79 Å². The predicted octanol–water partition coefficient (Wildman–Crippen LogP) is 2.91. The highest BCUT2D eigenvalue weighted by Crippen LogP contribution is 2.40. The molecule has 1 saturated heterocycles. The van der Waals surface area contributed by atoms with E-state index in [2.05, 4.69) is 11.2 Å². The Kier molecular flexibility index (Phi) is 3.04. The van der Waals surface area contributed by atoms with E-state index in [-0.39, 0.29) is 12.7 Å². The van der Waals surface area contributed by atoms with Crippen molar-refractivity contribution in [1.29, 1.82) is 0 Å². The lowest BCUT2D eigenvalue weighted by atomic mass is 9.98. The van der Waals surface area contributed by atoms with Crippen LogP contribution in [0.5, 0.6) is 11.5 Å². The highest BCUT2D eigenvalue weighted by atomic mass is 16.7. The van der Waals surface area contributed by atoms with E-state index in [1.807, 2.05) is 23.1 Å². The summed E-state index contributed by atoms with van der Waals surface area (Å²) in [6.45, 7) is 1.72. The minimum absolute atomic E-state index is 0.0334. The molecule has 0 unspecified atom stereocenters. The molecule has 2 aliphatic heterocycles. The first-order valence-electron chi connectivity index (χ1n) is 8.43. The van der Waals surface area contributed by atoms with Gasteiger partial charge in [-0.15, -0.1) is 0 Å². The van der Waals surface area contributed by atoms with Gasteiger partial charge in [0.2, 0.25) is 6.79 Å². The van der Waals surface area contributed by atoms with Crippen LogP contribution in [0.25, 0.3) is 0 Å². The standard InChI is InChI=1S/C18H18N2O4/c21-18(14-8-16(24-19-14)11-1-2-11)20-6-5-13(9-20)12-3-4-15-17(7-12)23-10-22-15/h3-4,7-8,11,13H,1-2,5-6,9-10H2/t13-/m0/s1. The van der Waals surface area contributed by atoms with Crippen LogP contribution in [-0.2, 0) is 0 Å². The molecule has 0 bridgehead atoms. The first-order valence-corrected chi connectivity index (χ1v) is 8.43. The number of aromatic nitrogens is 1. The summed E-state index contributed by atoms with van der Waals surface area (Å²) in [6, 6.07) is 7.85. The highest BCUT2D eigenvalue weighted by Gasteiger charge is 2.33. The molecule has 0 spiro atoms. The molecule has 24 heavy (non-hydrogen) atoms. The maximum atomic E-state index is 12.6. The number of hydrogen-bond donors (Lipinski definition) is 0. The maximum absolute atomic E-state index is 12.6. The van der Waals surface area contributed by atoms with Gasteiger partial charge in [0.25, 0.3) is 5.91 Å². The van der Waals surface area contributed by atoms with Crippen molar-refractivity contribution < 1.29 is 18.8 Å². The molecular formula is C18H18N2O4. The zero-order valence-electron chi connectivity index (χ0n) is 13.2. The summed E-state index contributed by atoms with van der Waals surface area (Å²) < 4.78 is 16.1. The van der Waals surface area contributed by atoms with E-state index in [4.69, 9.17) is 14.0 Å². The van der Waals surface area contributed by atoms with Crippen LogP contribution >= 0.6 is 0 Å². The van der Waals surface area contributed by atoms with E-state index in [1.165, 1.54) is 5.56 Å². The molecule has 1 aliphatic carbocycles. The van der Waals surface area contributed by atoms with E-state index in [0.29, 0.717) is 24.1 Å². The Balaban J connectivity index is 1.30. The van der Waals surface area contributed by atoms with Crippen LogP contribution in [0.4, 0.5) is 0 Å². The molecule has 3 heterocycles. The van der Waals surface area contributed by atoms with Gasteiger partial charge in [-0.05, 0) is 37.0 Å². The summed E-state index contributed by atoms with van der Waals surface area (Å²) in [4.78, 5) is 14.5. The van der Waals surface area contributed by atoms with Crippen molar-refractivity contribution in [2.45, 2.75) is 31.1 Å². The first-order chi connectivity index (χ1) is 11.8. The summed E-state index contributed by atoms with van der Waals surface area (Å²) >= 11 is 0. The summed E-state index contributed by atoms with van der Waals surface area (Å²) in [7, 11) is 0. The molecule has 1 aromatic carbocycles. The maximum Gasteiger partial charge on any atom is 0.276 e. The number of amides is 1. The third kappa shape index (κ3) is 2.33. The lowest BCUT2D eigenvalue weighted by molar-refractivity contribution is 0.0780. The number of ether oxygens (including phenoxy) is 2. The van der Waals surface area contributed by atoms with Crippen LogP contribution in [0.2, 0.25) is 0 Å². The van der Waals surface area contributed by atoms with Crippen LogP contribution < -0.4 is 9.47 Å². The zero-order chi connectivity index (χ0) is 16.1. The molecule has 2 aromatic rings. The summed E-state index contributed by atoms with van der Waals surface area (Å²) in [5.41, 5.74) is 1.62. The van der Waals surface area contributed by atoms with Crippen LogP contribution in [0.15, 0.2) is 28.8 Å². The van der Waals surface area contributed by atoms with Gasteiger partial charge >= 0.3 is 0 Å². The lowest BCUT2D eigenvalue weighted by Crippen LogP contribution is -2.28. The largest absolute Gasteiger partial charge is 0.454 e. The molecule has 3 aliphatic rings. The van der Waals surface area contributed by atoms with Crippen molar-refractivity contribution in [2.24, 2.45) is 0 Å². The number of hydrogen-bond acceptors (Lipinski definition) is 5. The van der Waals surface area contributed by atoms with E-state index in [0.717, 1.165) is 43.1 Å². The second-order valence-corrected chi connectivity index (χ2v) is 6.74. The Bertz CT molecular complexity index is 796. The van der Waals surface area contributed by atoms with E-state index in [1.54, 1.807) is 0 Å². The van der Waals surface area contributed by atoms with Gasteiger partial charge in [0.1, 0.15) is 5.76 Å². The fourth-order valence-corrected chi connectivity index (χ4v) is 3.50. The Hall–Kier alpha value is -2.50. The molecule has 0 N–H and O–H groups in total. The topological polar surface area (TPSA) is 64.8 Å². The summed E-state index contributed by atoms with van der Waals surface area (Å²) in [6.07, 6.45) is 3.22. The van der Waals surface area contributed by atoms with Crippen molar-refractivity contribution in [3.05, 3.63) is 41.3 Å². The zero-order valence-corrected chi connectivity index (χ0v) is 13.2. The predicted molar refractivity (Wildman–Crippen MR) is 84.3 cm³/mol. The quantitative estimate of drug-likeness (QED) is 0.868. The van der Waals surface area contributed by atoms with E-state index in [9.17, 15) is 4.79 Å². The monoisotopic (exact) mass is 326 g/mol. The van der Waals surface area contributed by atoms with Gasteiger partial charge < -0.3 is 18.9 Å². The van der Waals surface area contributed by atoms with Crippen molar-refractivity contribution in [3.8, 4) is 11.5 Å². The minimum atomic E-state index is -0.0334. The Morgan fingerprint density at radius 1 is 1.08 bits per heavy atom. The SMILES string of the molecule is O=C(c1cc(C2CC2)on1)N1CC[C@H](c2ccc3c(c2)OCO3)C1. The second-order valence-electron chi connectivity index (χ2n) is 6.74. The van der Waals surface area contributed by atoms with Crippen molar-refractivity contribution in [2.75, 3.05) is 19.9 Å². The molecule has 1 atom stereocenters. The molecule has 1 aromatic heterocycles. The van der Waals surface area contributed by atoms with Crippen LogP contribution in [0, 0.1) is 0 Å². The third-order valence-corrected chi connectivity index (χ3v) is 5.07. The molecule has 5 rings (SSSR count). The number of nitrogens with zero attached hydrogens (tertiary/aromatic N) is 2. The highest BCUT2D eigenvalue weighted by molar-refractivity contribution is 5.92. The van der Waals surface area contributed by atoms with Crippen molar-refractivity contribution in [1.82, 2.24) is 10.1 Å². The molecular weight excluding hydrogens is 308 g/mol. The van der Waals surface area contributed by atoms with Crippen molar-refractivity contribution >= 4 is 5.91 Å². The minimum Gasteiger partial charge on any atom is -0.454 e. The number of rotatable bonds is 3. The van der Waals surface area contributed by atoms with Gasteiger partial charge in [0.15, 0.2) is 17.2 Å². The third-order valence-electron chi connectivity index (χ3n) is 5.07. The lowest BCUT2D eigenvalue weighted by Gasteiger charge is -2.15. The van der Waals surface area contributed by atoms with Gasteiger partial charge in [-0.1, -0.05) is 11.2 Å². The van der Waals surface area contributed by atoms with E-state index >= 15 is 0 Å². The van der Waals surface area contributed by atoms with Gasteiger partial charge in [-0.2, -0.15) is 0 Å². The first kappa shape index (κ1) is 13.9. The molecule has 1 amide bonds. The van der Waals surface area contributed by atoms with Crippen LogP contribution in [-0.4, -0.2) is 35.8 Å². The Morgan fingerprint density at radius 2 is 1.96 bits per heavy atom. The number of likely N-dealkylation sites (tertiary alicyclic amines) is 1. The Labute approximate surface area is 139 Å². The van der Waals surface area contributed by atoms with Crippen molar-refractivity contribution in [3.63, 3.8) is 0 Å². The van der Waals surface area contributed by atoms with Crippen LogP contribution in [0.1, 0.15) is 52.9 Å². The smallest absolute Gasteiger partial charge is 0.276 e. The molecule has 6 heteroatoms. The summed E-state index contributed by atoms with van der Waals surface area (Å²) in [5, 5.41) is 3.96. The number of carbonyl (C=O) groups is 1. The Morgan fingerprint density at radius 3 is 2.83 bits per heavy atom. The molecule has 124 valence electrons. The van der Waals surface area contributed by atoms with Gasteiger partial charge in [0, 0.05) is 31.0 Å². The number of fused-ring (bicyclic) bond motifs is 1. The number of benzene rings is 1. The molecule has 1 saturated carbocycles. The molecule has 2 fully saturated rings. The fraction of sp³-hybridized carbons (Fsp3) is 0.444. The molecule has 0 radical (unpaired) electrons.